The largest absolute Gasteiger partial charge is 0.508 e. The Bertz CT molecular complexity index is 1390. The van der Waals surface area contributed by atoms with Crippen LogP contribution >= 0.6 is 0 Å². The average Bonchev–Trinajstić information content (AvgIpc) is 3.31. The van der Waals surface area contributed by atoms with Crippen LogP contribution < -0.4 is 21.7 Å². The van der Waals surface area contributed by atoms with E-state index in [0.29, 0.717) is 11.1 Å². The van der Waals surface area contributed by atoms with E-state index in [9.17, 15) is 34.2 Å². The topological polar surface area (TPSA) is 224 Å². The molecular weight excluding hydrogens is 522 g/mol. The van der Waals surface area contributed by atoms with Gasteiger partial charge in [-0.25, -0.2) is 4.79 Å². The molecule has 9 N–H and O–H groups in total. The fourth-order valence-electron chi connectivity index (χ4n) is 4.03. The molecule has 40 heavy (non-hydrogen) atoms. The Hall–Kier alpha value is -4.91. The number of fused-ring (bicyclic) bond motifs is 1. The number of aliphatic carboxylic acids is 2. The number of amides is 3. The van der Waals surface area contributed by atoms with Gasteiger partial charge < -0.3 is 42.0 Å². The quantitative estimate of drug-likeness (QED) is 0.143. The van der Waals surface area contributed by atoms with E-state index in [0.717, 1.165) is 10.9 Å². The van der Waals surface area contributed by atoms with Gasteiger partial charge in [-0.05, 0) is 36.2 Å². The first-order chi connectivity index (χ1) is 18.9. The van der Waals surface area contributed by atoms with Crippen LogP contribution in [0.15, 0.2) is 54.7 Å². The minimum Gasteiger partial charge on any atom is -0.508 e. The van der Waals surface area contributed by atoms with E-state index in [1.54, 1.807) is 12.3 Å². The highest BCUT2D eigenvalue weighted by molar-refractivity contribution is 5.95. The summed E-state index contributed by atoms with van der Waals surface area (Å²) >= 11 is 0. The molecule has 0 aliphatic rings. The van der Waals surface area contributed by atoms with E-state index in [1.165, 1.54) is 31.2 Å². The highest BCUT2D eigenvalue weighted by atomic mass is 16.4. The Labute approximate surface area is 228 Å². The van der Waals surface area contributed by atoms with Crippen molar-refractivity contribution in [2.24, 2.45) is 5.73 Å². The summed E-state index contributed by atoms with van der Waals surface area (Å²) in [6.45, 7) is 1.35. The maximum atomic E-state index is 13.2. The van der Waals surface area contributed by atoms with Crippen molar-refractivity contribution in [3.8, 4) is 5.75 Å². The Balaban J connectivity index is 1.72. The molecule has 0 bridgehead atoms. The second-order valence-electron chi connectivity index (χ2n) is 9.33. The number of para-hydroxylation sites is 1. The van der Waals surface area contributed by atoms with Crippen molar-refractivity contribution in [2.45, 2.75) is 50.4 Å². The molecule has 13 nitrogen and oxygen atoms in total. The molecule has 0 aliphatic heterocycles. The van der Waals surface area contributed by atoms with Gasteiger partial charge in [0.05, 0.1) is 12.5 Å². The molecule has 0 saturated heterocycles. The summed E-state index contributed by atoms with van der Waals surface area (Å²) in [6, 6.07) is 7.98. The Kier molecular flexibility index (Phi) is 9.81. The molecule has 0 spiro atoms. The van der Waals surface area contributed by atoms with Gasteiger partial charge >= 0.3 is 11.9 Å². The second kappa shape index (κ2) is 13.2. The first-order valence-corrected chi connectivity index (χ1v) is 12.4. The molecule has 0 fully saturated rings. The predicted octanol–water partition coefficient (Wildman–Crippen LogP) is 0.0196. The van der Waals surface area contributed by atoms with Gasteiger partial charge in [-0.1, -0.05) is 30.3 Å². The van der Waals surface area contributed by atoms with Gasteiger partial charge in [-0.3, -0.25) is 19.2 Å². The zero-order chi connectivity index (χ0) is 29.4. The van der Waals surface area contributed by atoms with Crippen molar-refractivity contribution < 1.29 is 39.3 Å². The SMILES string of the molecule is CC(NC(=O)C(Cc1c[nH]c2ccccc12)NC(=O)C(N)CC(=O)O)C(=O)NC(Cc1ccc(O)cc1)C(=O)O. The maximum absolute atomic E-state index is 13.2. The average molecular weight is 554 g/mol. The summed E-state index contributed by atoms with van der Waals surface area (Å²) < 4.78 is 0. The van der Waals surface area contributed by atoms with Crippen molar-refractivity contribution in [1.82, 2.24) is 20.9 Å². The molecule has 0 aliphatic carbocycles. The summed E-state index contributed by atoms with van der Waals surface area (Å²) in [5.74, 6) is -4.97. The minimum absolute atomic E-state index is 0.00563. The molecule has 2 aromatic carbocycles. The number of carboxylic acid groups (broad SMARTS) is 2. The monoisotopic (exact) mass is 553 g/mol. The minimum atomic E-state index is -1.41. The number of aromatic hydroxyl groups is 1. The number of phenolic OH excluding ortho intramolecular Hbond substituents is 1. The van der Waals surface area contributed by atoms with Crippen LogP contribution in [-0.4, -0.2) is 74.1 Å². The van der Waals surface area contributed by atoms with Gasteiger partial charge in [-0.2, -0.15) is 0 Å². The molecular formula is C27H31N5O8. The van der Waals surface area contributed by atoms with Crippen molar-refractivity contribution >= 4 is 40.6 Å². The summed E-state index contributed by atoms with van der Waals surface area (Å²) in [7, 11) is 0. The van der Waals surface area contributed by atoms with Crippen molar-refractivity contribution in [1.29, 1.82) is 0 Å². The van der Waals surface area contributed by atoms with E-state index in [-0.39, 0.29) is 18.6 Å². The number of H-pyrrole nitrogens is 1. The van der Waals surface area contributed by atoms with Crippen LogP contribution in [0.5, 0.6) is 5.75 Å². The van der Waals surface area contributed by atoms with E-state index in [2.05, 4.69) is 20.9 Å². The van der Waals surface area contributed by atoms with Crippen molar-refractivity contribution in [3.63, 3.8) is 0 Å². The molecule has 212 valence electrons. The molecule has 1 heterocycles. The molecule has 0 radical (unpaired) electrons. The summed E-state index contributed by atoms with van der Waals surface area (Å²) in [5, 5.41) is 36.1. The van der Waals surface area contributed by atoms with Crippen LogP contribution in [0.25, 0.3) is 10.9 Å². The number of carbonyl (C=O) groups is 5. The number of hydrogen-bond acceptors (Lipinski definition) is 7. The molecule has 0 saturated carbocycles. The fraction of sp³-hybridized carbons (Fsp3) is 0.296. The van der Waals surface area contributed by atoms with Gasteiger partial charge in [0.15, 0.2) is 0 Å². The summed E-state index contributed by atoms with van der Waals surface area (Å²) in [6.07, 6.45) is 0.950. The van der Waals surface area contributed by atoms with Crippen LogP contribution in [-0.2, 0) is 36.8 Å². The zero-order valence-corrected chi connectivity index (χ0v) is 21.6. The molecule has 13 heteroatoms. The van der Waals surface area contributed by atoms with E-state index >= 15 is 0 Å². The molecule has 3 rings (SSSR count). The lowest BCUT2D eigenvalue weighted by molar-refractivity contribution is -0.142. The number of rotatable bonds is 13. The third-order valence-electron chi connectivity index (χ3n) is 6.21. The first-order valence-electron chi connectivity index (χ1n) is 12.4. The summed E-state index contributed by atoms with van der Waals surface area (Å²) in [4.78, 5) is 64.4. The summed E-state index contributed by atoms with van der Waals surface area (Å²) in [5.41, 5.74) is 7.71. The lowest BCUT2D eigenvalue weighted by Gasteiger charge is -2.23. The normalized spacial score (nSPS) is 13.9. The molecule has 3 aromatic rings. The molecule has 3 amide bonds. The lowest BCUT2D eigenvalue weighted by atomic mass is 10.0. The lowest BCUT2D eigenvalue weighted by Crippen LogP contribution is -2.57. The van der Waals surface area contributed by atoms with Gasteiger partial charge in [0.2, 0.25) is 17.7 Å². The Morgan fingerprint density at radius 3 is 2.15 bits per heavy atom. The number of carbonyl (C=O) groups excluding carboxylic acids is 3. The molecule has 1 aromatic heterocycles. The fourth-order valence-corrected chi connectivity index (χ4v) is 4.03. The highest BCUT2D eigenvalue weighted by Gasteiger charge is 2.29. The maximum Gasteiger partial charge on any atom is 0.326 e. The van der Waals surface area contributed by atoms with Crippen molar-refractivity contribution in [2.75, 3.05) is 0 Å². The van der Waals surface area contributed by atoms with E-state index in [1.807, 2.05) is 18.2 Å². The third kappa shape index (κ3) is 8.04. The van der Waals surface area contributed by atoms with Crippen LogP contribution in [0.1, 0.15) is 24.5 Å². The number of nitrogens with two attached hydrogens (primary N) is 1. The Morgan fingerprint density at radius 1 is 0.850 bits per heavy atom. The number of phenols is 1. The number of carboxylic acids is 2. The van der Waals surface area contributed by atoms with Crippen LogP contribution in [0.4, 0.5) is 0 Å². The predicted molar refractivity (Wildman–Crippen MR) is 143 cm³/mol. The third-order valence-corrected chi connectivity index (χ3v) is 6.21. The van der Waals surface area contributed by atoms with Gasteiger partial charge in [0.1, 0.15) is 23.9 Å². The number of aromatic amines is 1. The first kappa shape index (κ1) is 29.6. The smallest absolute Gasteiger partial charge is 0.326 e. The second-order valence-corrected chi connectivity index (χ2v) is 9.33. The standard InChI is InChI=1S/C27H31N5O8/c1-14(24(36)32-22(27(39)40)10-15-6-8-17(33)9-7-15)30-26(38)21(31-25(37)19(28)12-23(34)35)11-16-13-29-20-5-3-2-4-18(16)20/h2-9,13-14,19,21-22,29,33H,10-12,28H2,1H3,(H,30,38)(H,31,37)(H,32,36)(H,34,35)(H,39,40). The Morgan fingerprint density at radius 2 is 1.50 bits per heavy atom. The van der Waals surface area contributed by atoms with Gasteiger partial charge in [0.25, 0.3) is 0 Å². The molecule has 4 atom stereocenters. The zero-order valence-electron chi connectivity index (χ0n) is 21.6. The highest BCUT2D eigenvalue weighted by Crippen LogP contribution is 2.19. The van der Waals surface area contributed by atoms with Crippen LogP contribution in [0.2, 0.25) is 0 Å². The molecule has 4 unspecified atom stereocenters. The van der Waals surface area contributed by atoms with Crippen LogP contribution in [0.3, 0.4) is 0 Å². The van der Waals surface area contributed by atoms with Gasteiger partial charge in [-0.15, -0.1) is 0 Å². The van der Waals surface area contributed by atoms with Crippen molar-refractivity contribution in [3.05, 3.63) is 65.9 Å². The number of aromatic nitrogens is 1. The number of hydrogen-bond donors (Lipinski definition) is 8. The number of benzene rings is 2. The van der Waals surface area contributed by atoms with E-state index < -0.39 is 60.2 Å². The van der Waals surface area contributed by atoms with Gasteiger partial charge in [0, 0.05) is 29.9 Å². The van der Waals surface area contributed by atoms with E-state index in [4.69, 9.17) is 10.8 Å². The number of nitrogens with one attached hydrogen (secondary N) is 4. The van der Waals surface area contributed by atoms with Crippen LogP contribution in [0, 0.1) is 0 Å².